The Balaban J connectivity index is 1.02. The van der Waals surface area contributed by atoms with E-state index in [-0.39, 0.29) is 23.1 Å². The Labute approximate surface area is 306 Å². The van der Waals surface area contributed by atoms with Gasteiger partial charge in [0.1, 0.15) is 29.8 Å². The van der Waals surface area contributed by atoms with E-state index >= 15 is 0 Å². The Morgan fingerprint density at radius 1 is 1.08 bits per heavy atom. The van der Waals surface area contributed by atoms with Crippen LogP contribution in [-0.4, -0.2) is 103 Å². The number of carbonyl (C=O) groups excluding carboxylic acids is 1. The molecule has 0 spiro atoms. The first kappa shape index (κ1) is 35.7. The molecule has 12 nitrogen and oxygen atoms in total. The topological polar surface area (TPSA) is 132 Å². The van der Waals surface area contributed by atoms with Crippen LogP contribution in [0.3, 0.4) is 0 Å². The van der Waals surface area contributed by atoms with Crippen molar-refractivity contribution in [1.29, 1.82) is 5.26 Å². The van der Waals surface area contributed by atoms with Crippen LogP contribution >= 0.6 is 0 Å². The van der Waals surface area contributed by atoms with Gasteiger partial charge in [0, 0.05) is 68.4 Å². The first-order chi connectivity index (χ1) is 24.7. The summed E-state index contributed by atoms with van der Waals surface area (Å²) in [6.45, 7) is 16.4. The molecule has 4 aromatic heterocycles. The zero-order valence-corrected chi connectivity index (χ0v) is 31.2. The Kier molecular flexibility index (Phi) is 9.16. The quantitative estimate of drug-likeness (QED) is 0.243. The molecule has 4 aliphatic rings. The minimum atomic E-state index is -0.782. The van der Waals surface area contributed by atoms with Crippen LogP contribution in [0, 0.1) is 16.7 Å². The summed E-state index contributed by atoms with van der Waals surface area (Å²) in [5, 5.41) is 25.6. The van der Waals surface area contributed by atoms with Gasteiger partial charge in [-0.3, -0.25) is 14.8 Å². The van der Waals surface area contributed by atoms with Gasteiger partial charge in [0.05, 0.1) is 40.7 Å². The molecule has 52 heavy (non-hydrogen) atoms. The number of ether oxygens (including phenoxy) is 2. The molecule has 274 valence electrons. The van der Waals surface area contributed by atoms with Gasteiger partial charge in [-0.15, -0.1) is 0 Å². The second-order valence-electron chi connectivity index (χ2n) is 16.7. The van der Waals surface area contributed by atoms with E-state index in [1.807, 2.05) is 74.5 Å². The van der Waals surface area contributed by atoms with Gasteiger partial charge in [-0.2, -0.15) is 10.4 Å². The van der Waals surface area contributed by atoms with Crippen molar-refractivity contribution in [2.75, 3.05) is 44.2 Å². The second kappa shape index (κ2) is 13.4. The van der Waals surface area contributed by atoms with Crippen molar-refractivity contribution in [2.45, 2.75) is 90.0 Å². The molecule has 4 aromatic rings. The normalized spacial score (nSPS) is 21.8. The van der Waals surface area contributed by atoms with Gasteiger partial charge in [0.15, 0.2) is 0 Å². The van der Waals surface area contributed by atoms with E-state index in [4.69, 9.17) is 14.5 Å². The van der Waals surface area contributed by atoms with Crippen LogP contribution < -0.4 is 9.64 Å². The maximum absolute atomic E-state index is 13.3. The van der Waals surface area contributed by atoms with Crippen molar-refractivity contribution < 1.29 is 19.4 Å². The number of hydrogen-bond acceptors (Lipinski definition) is 10. The number of hydrogen-bond donors (Lipinski definition) is 1. The molecule has 0 saturated carbocycles. The Hall–Kier alpha value is -4.73. The van der Waals surface area contributed by atoms with Crippen molar-refractivity contribution in [1.82, 2.24) is 29.4 Å². The highest BCUT2D eigenvalue weighted by atomic mass is 16.6. The van der Waals surface area contributed by atoms with Gasteiger partial charge in [-0.1, -0.05) is 26.8 Å². The zero-order chi connectivity index (χ0) is 36.9. The molecule has 2 atom stereocenters. The summed E-state index contributed by atoms with van der Waals surface area (Å²) in [5.41, 5.74) is 1.99. The van der Waals surface area contributed by atoms with E-state index in [9.17, 15) is 15.2 Å². The SMILES string of the molecule is CC(C)(C)OC(=O)N1C2CN(CCOc3cc(-c4ccc(N5CCC(O)(Cc6ccccn6)CC5)nc4)c4c(C#N)cnn4c3)CC1(C(C)(C)C)C2. The number of piperidine rings is 2. The Morgan fingerprint density at radius 3 is 2.52 bits per heavy atom. The highest BCUT2D eigenvalue weighted by Crippen LogP contribution is 2.52. The van der Waals surface area contributed by atoms with Crippen LogP contribution in [0.5, 0.6) is 5.75 Å². The summed E-state index contributed by atoms with van der Waals surface area (Å²) in [4.78, 5) is 29.1. The van der Waals surface area contributed by atoms with Crippen LogP contribution in [0.4, 0.5) is 10.6 Å². The third-order valence-corrected chi connectivity index (χ3v) is 11.0. The average molecular weight is 707 g/mol. The number of carbonyl (C=O) groups is 1. The molecule has 0 radical (unpaired) electrons. The average Bonchev–Trinajstić information content (AvgIpc) is 3.50. The van der Waals surface area contributed by atoms with Crippen molar-refractivity contribution in [2.24, 2.45) is 5.41 Å². The molecule has 2 unspecified atom stereocenters. The fourth-order valence-electron chi connectivity index (χ4n) is 8.22. The molecule has 8 heterocycles. The summed E-state index contributed by atoms with van der Waals surface area (Å²) in [6, 6.07) is 14.2. The molecule has 4 saturated heterocycles. The van der Waals surface area contributed by atoms with Gasteiger partial charge < -0.3 is 19.5 Å². The van der Waals surface area contributed by atoms with Crippen molar-refractivity contribution in [3.05, 3.63) is 72.4 Å². The minimum absolute atomic E-state index is 0.109. The highest BCUT2D eigenvalue weighted by Gasteiger charge is 2.64. The molecule has 0 aromatic carbocycles. The van der Waals surface area contributed by atoms with Gasteiger partial charge in [0.2, 0.25) is 0 Å². The standard InChI is InChI=1S/C40H50N8O4/c1-37(2,3)40-21-31(48(40)36(49)52-38(4,5)6)25-45(27-40)17-18-51-32-19-33(35-29(22-41)24-44-47(35)26-32)28-10-11-34(43-23-28)46-15-12-39(50,13-16-46)20-30-9-7-8-14-42-30/h7-11,14,19,23-24,26,31,50H,12-13,15-18,20-21,25,27H2,1-6H3. The lowest BCUT2D eigenvalue weighted by Crippen LogP contribution is -2.82. The minimum Gasteiger partial charge on any atom is -0.491 e. The van der Waals surface area contributed by atoms with Crippen molar-refractivity contribution in [3.8, 4) is 22.9 Å². The van der Waals surface area contributed by atoms with E-state index in [1.54, 1.807) is 16.9 Å². The summed E-state index contributed by atoms with van der Waals surface area (Å²) in [7, 11) is 0. The summed E-state index contributed by atoms with van der Waals surface area (Å²) in [5.74, 6) is 1.49. The lowest BCUT2D eigenvalue weighted by molar-refractivity contribution is -0.180. The third-order valence-electron chi connectivity index (χ3n) is 11.0. The predicted molar refractivity (Wildman–Crippen MR) is 198 cm³/mol. The van der Waals surface area contributed by atoms with E-state index in [0.717, 1.165) is 42.1 Å². The first-order valence-electron chi connectivity index (χ1n) is 18.3. The van der Waals surface area contributed by atoms with Crippen LogP contribution in [-0.2, 0) is 11.2 Å². The first-order valence-corrected chi connectivity index (χ1v) is 18.3. The number of piperazine rings is 1. The number of amides is 1. The zero-order valence-electron chi connectivity index (χ0n) is 31.2. The third kappa shape index (κ3) is 6.92. The van der Waals surface area contributed by atoms with Crippen LogP contribution in [0.2, 0.25) is 0 Å². The van der Waals surface area contributed by atoms with E-state index in [1.165, 1.54) is 0 Å². The lowest BCUT2D eigenvalue weighted by atomic mass is 9.60. The number of nitrogens with zero attached hydrogens (tertiary/aromatic N) is 8. The Bertz CT molecular complexity index is 1950. The molecule has 12 heteroatoms. The van der Waals surface area contributed by atoms with Gasteiger partial charge >= 0.3 is 6.09 Å². The molecule has 2 bridgehead atoms. The van der Waals surface area contributed by atoms with E-state index < -0.39 is 11.2 Å². The number of aromatic nitrogens is 4. The largest absolute Gasteiger partial charge is 0.491 e. The van der Waals surface area contributed by atoms with Crippen LogP contribution in [0.1, 0.15) is 72.1 Å². The second-order valence-corrected chi connectivity index (χ2v) is 16.7. The van der Waals surface area contributed by atoms with E-state index in [2.05, 4.69) is 46.7 Å². The summed E-state index contributed by atoms with van der Waals surface area (Å²) in [6.07, 6.45) is 9.53. The molecule has 1 N–H and O–H groups in total. The summed E-state index contributed by atoms with van der Waals surface area (Å²) >= 11 is 0. The number of rotatable bonds is 8. The Morgan fingerprint density at radius 2 is 1.87 bits per heavy atom. The van der Waals surface area contributed by atoms with Crippen molar-refractivity contribution in [3.63, 3.8) is 0 Å². The number of anilines is 1. The predicted octanol–water partition coefficient (Wildman–Crippen LogP) is 5.73. The van der Waals surface area contributed by atoms with Gasteiger partial charge in [-0.25, -0.2) is 14.3 Å². The van der Waals surface area contributed by atoms with Gasteiger partial charge in [-0.05, 0) is 75.8 Å². The van der Waals surface area contributed by atoms with Crippen molar-refractivity contribution >= 4 is 17.4 Å². The molecule has 8 rings (SSSR count). The van der Waals surface area contributed by atoms with Crippen LogP contribution in [0.25, 0.3) is 16.6 Å². The molecule has 4 aliphatic heterocycles. The van der Waals surface area contributed by atoms with Crippen LogP contribution in [0.15, 0.2) is 61.2 Å². The number of nitriles is 1. The molecule has 1 amide bonds. The fourth-order valence-corrected chi connectivity index (χ4v) is 8.22. The summed E-state index contributed by atoms with van der Waals surface area (Å²) < 4.78 is 13.9. The van der Waals surface area contributed by atoms with E-state index in [0.29, 0.717) is 62.3 Å². The number of fused-ring (bicyclic) bond motifs is 3. The maximum Gasteiger partial charge on any atom is 0.411 e. The molecule has 4 fully saturated rings. The molecular formula is C40H50N8O4. The number of pyridine rings is 3. The van der Waals surface area contributed by atoms with Gasteiger partial charge in [0.25, 0.3) is 0 Å². The fraction of sp³-hybridized carbons (Fsp3) is 0.525. The molecular weight excluding hydrogens is 656 g/mol. The highest BCUT2D eigenvalue weighted by molar-refractivity contribution is 5.85. The maximum atomic E-state index is 13.3. The monoisotopic (exact) mass is 706 g/mol. The number of aliphatic hydroxyl groups is 1. The smallest absolute Gasteiger partial charge is 0.411 e. The lowest BCUT2D eigenvalue weighted by Gasteiger charge is -2.68. The molecule has 0 aliphatic carbocycles.